The maximum atomic E-state index is 15.0. The number of nitrogens with one attached hydrogen (secondary N) is 18. The number of aromatic hydroxyl groups is 1. The molecular weight excluding hydrogens is 1720 g/mol. The summed E-state index contributed by atoms with van der Waals surface area (Å²) in [7, 11) is 0. The number of phenols is 1. The van der Waals surface area contributed by atoms with E-state index in [1.807, 2.05) is 0 Å². The number of carboxylic acid groups (broad SMARTS) is 3. The number of aromatic nitrogens is 1. The Kier molecular flexibility index (Phi) is 42.7. The van der Waals surface area contributed by atoms with E-state index >= 15 is 0 Å². The summed E-state index contributed by atoms with van der Waals surface area (Å²) in [5.41, 5.74) is 18.3. The number of fused-ring (bicyclic) bond motifs is 3. The Hall–Kier alpha value is -14.2. The monoisotopic (exact) mass is 1840 g/mol. The highest BCUT2D eigenvalue weighted by molar-refractivity contribution is 6.02. The van der Waals surface area contributed by atoms with E-state index in [0.29, 0.717) is 28.5 Å². The first-order chi connectivity index (χ1) is 62.1. The molecule has 49 nitrogen and oxygen atoms in total. The molecule has 0 spiro atoms. The molecule has 2 aromatic carbocycles. The SMILES string of the molecule is C[C@@H]1NC(=O)CNC(=O)[C@H](CCC(=O)O)NC(=O)[C@@H]2CCCN2C(=O)[C@H]([C@H](C)O)NC(=O)[C@H](CCC(=O)O)NC(=O)[C@H](CCCNC(=N)N)NC(=O)[C@H](CCC(N)=O)NC(=O)CNC(=O)CCCNC(=O)CNC(=O)[C@H](Cc2ccc(O)cc2)NC(=O)[C@H](Cc2c[nH]c3ccccc23)NC(=O)[C@@H]2CCCN2C(=O)[C@H](CCCCN)NC(=O)[C@H](C)NC(=O)[C@H](CCC(=O)O)NC1=O. The van der Waals surface area contributed by atoms with Crippen LogP contribution in [0, 0.1) is 5.41 Å². The number of aliphatic carboxylic acids is 3. The number of phenolic OH excluding ortho intramolecular Hbond substituents is 1. The highest BCUT2D eigenvalue weighted by Gasteiger charge is 2.44. The number of unbranched alkanes of at least 4 members (excludes halogenated alkanes) is 1. The third-order valence-corrected chi connectivity index (χ3v) is 21.5. The van der Waals surface area contributed by atoms with Crippen LogP contribution in [-0.4, -0.2) is 308 Å². The van der Waals surface area contributed by atoms with Gasteiger partial charge in [0.05, 0.1) is 25.7 Å². The van der Waals surface area contributed by atoms with Crippen LogP contribution in [0.3, 0.4) is 0 Å². The van der Waals surface area contributed by atoms with Crippen molar-refractivity contribution in [1.82, 2.24) is 99.9 Å². The first kappa shape index (κ1) is 106. The zero-order valence-corrected chi connectivity index (χ0v) is 72.7. The summed E-state index contributed by atoms with van der Waals surface area (Å²) < 4.78 is 0. The second-order valence-corrected chi connectivity index (χ2v) is 31.8. The van der Waals surface area contributed by atoms with Gasteiger partial charge in [-0.25, -0.2) is 0 Å². The van der Waals surface area contributed by atoms with Crippen molar-refractivity contribution in [2.45, 2.75) is 240 Å². The molecule has 3 saturated heterocycles. The maximum Gasteiger partial charge on any atom is 0.303 e. The standard InChI is InChI=1S/C82H119N23O26/c1-42-69(119)96-53(25-29-66(115)116)73(123)94-43(2)70(120)100-55(14-6-7-31-83)80(130)104-34-10-16-58(104)79(129)102-57(37-46-38-89-49-13-5-4-12-48(46)49)77(127)101-56(36-45-19-21-47(107)22-20-45)72(122)91-39-62(110)87-32-9-18-61(109)90-40-64(112)95-52(23-27-60(84)108)75(125)97-50(15-8-33-88-82(85)86)74(124)98-54(26-30-67(117)118)76(126)103-68(44(3)106)81(131)105-35-11-17-59(105)78(128)99-51(24-28-65(113)114)71(121)92-41-63(111)93-42/h4-5,12-13,19-22,38,42-44,50-59,68,89,106-107H,6-11,14-18,23-37,39-41,83H2,1-3H3,(H2,84,108)(H,87,110)(H,90,109)(H,91,122)(H,92,121)(H,93,111)(H,94,123)(H,95,112)(H,96,119)(H,97,125)(H,98,124)(H,99,128)(H,100,120)(H,101,127)(H,102,129)(H,103,126)(H,113,114)(H,115,116)(H,117,118)(H4,85,86,88)/t42-,43-,44-,50-,51-,52-,53-,54-,55-,56-,57-,58-,59-,68-/m0/s1. The summed E-state index contributed by atoms with van der Waals surface area (Å²) in [6.45, 7) is 0.508. The van der Waals surface area contributed by atoms with Crippen molar-refractivity contribution in [3.8, 4) is 5.75 Å². The quantitative estimate of drug-likeness (QED) is 0.0213. The van der Waals surface area contributed by atoms with E-state index in [2.05, 4.69) is 90.1 Å². The average Bonchev–Trinajstić information content (AvgIpc) is 1.69. The van der Waals surface area contributed by atoms with Gasteiger partial charge in [0.25, 0.3) is 0 Å². The van der Waals surface area contributed by atoms with Gasteiger partial charge in [-0.15, -0.1) is 0 Å². The topological polar surface area (TPSA) is 776 Å². The van der Waals surface area contributed by atoms with Crippen LogP contribution in [-0.2, 0) is 114 Å². The molecule has 0 unspecified atom stereocenters. The molecule has 4 heterocycles. The van der Waals surface area contributed by atoms with Crippen LogP contribution in [0.1, 0.15) is 154 Å². The van der Waals surface area contributed by atoms with Crippen molar-refractivity contribution in [3.05, 3.63) is 65.9 Å². The number of hydrogen-bond donors (Lipinski definition) is 26. The van der Waals surface area contributed by atoms with Crippen LogP contribution in [0.4, 0.5) is 0 Å². The van der Waals surface area contributed by atoms with E-state index < -0.39 is 286 Å². The summed E-state index contributed by atoms with van der Waals surface area (Å²) in [6.07, 6.45) is -6.12. The number of hydrogen-bond acceptors (Lipinski definition) is 25. The van der Waals surface area contributed by atoms with E-state index in [0.717, 1.165) is 18.7 Å². The lowest BCUT2D eigenvalue weighted by Crippen LogP contribution is -2.61. The van der Waals surface area contributed by atoms with Gasteiger partial charge in [-0.1, -0.05) is 30.3 Å². The van der Waals surface area contributed by atoms with Gasteiger partial charge in [0, 0.05) is 88.2 Å². The number of H-pyrrole nitrogens is 1. The number of guanidine groups is 1. The van der Waals surface area contributed by atoms with Crippen LogP contribution < -0.4 is 102 Å². The zero-order valence-electron chi connectivity index (χ0n) is 72.7. The second-order valence-electron chi connectivity index (χ2n) is 31.8. The molecule has 18 amide bonds. The number of para-hydroxylation sites is 1. The molecule has 0 saturated carbocycles. The number of carbonyl (C=O) groups excluding carboxylic acids is 18. The number of primary amides is 1. The number of carboxylic acids is 3. The number of nitrogens with zero attached hydrogens (tertiary/aromatic N) is 2. The molecule has 0 radical (unpaired) electrons. The Labute approximate surface area is 751 Å². The molecule has 3 aliphatic heterocycles. The number of rotatable bonds is 25. The number of nitrogens with two attached hydrogens (primary N) is 3. The molecule has 6 rings (SSSR count). The van der Waals surface area contributed by atoms with Crippen LogP contribution in [0.5, 0.6) is 5.75 Å². The fraction of sp³-hybridized carbons (Fsp3) is 0.561. The Balaban J connectivity index is 1.30. The highest BCUT2D eigenvalue weighted by atomic mass is 16.4. The molecule has 3 aromatic rings. The summed E-state index contributed by atoms with van der Waals surface area (Å²) in [5, 5.41) is 97.5. The van der Waals surface area contributed by atoms with E-state index in [1.54, 1.807) is 30.5 Å². The molecule has 3 fully saturated rings. The third-order valence-electron chi connectivity index (χ3n) is 21.5. The summed E-state index contributed by atoms with van der Waals surface area (Å²) in [4.78, 5) is 293. The van der Waals surface area contributed by atoms with Gasteiger partial charge in [0.1, 0.15) is 84.3 Å². The predicted octanol–water partition coefficient (Wildman–Crippen LogP) is -8.10. The van der Waals surface area contributed by atoms with Crippen molar-refractivity contribution < 1.29 is 126 Å². The molecule has 3 aliphatic rings. The number of carbonyl (C=O) groups is 21. The molecule has 131 heavy (non-hydrogen) atoms. The number of aliphatic hydroxyl groups is 1. The van der Waals surface area contributed by atoms with Gasteiger partial charge in [-0.05, 0) is 147 Å². The second kappa shape index (κ2) is 53.0. The molecular formula is C82H119N23O26. The van der Waals surface area contributed by atoms with Gasteiger partial charge < -0.3 is 143 Å². The molecule has 718 valence electrons. The maximum absolute atomic E-state index is 15.0. The van der Waals surface area contributed by atoms with Crippen molar-refractivity contribution in [2.24, 2.45) is 17.2 Å². The first-order valence-corrected chi connectivity index (χ1v) is 42.9. The number of amides is 18. The highest BCUT2D eigenvalue weighted by Crippen LogP contribution is 2.25. The van der Waals surface area contributed by atoms with Crippen molar-refractivity contribution in [1.29, 1.82) is 5.41 Å². The molecule has 0 bridgehead atoms. The van der Waals surface area contributed by atoms with E-state index in [9.17, 15) is 126 Å². The van der Waals surface area contributed by atoms with Gasteiger partial charge in [-0.3, -0.25) is 106 Å². The van der Waals surface area contributed by atoms with Crippen molar-refractivity contribution >= 4 is 141 Å². The predicted molar refractivity (Wildman–Crippen MR) is 460 cm³/mol. The lowest BCUT2D eigenvalue weighted by Gasteiger charge is -2.32. The van der Waals surface area contributed by atoms with E-state index in [4.69, 9.17) is 22.6 Å². The largest absolute Gasteiger partial charge is 0.508 e. The Bertz CT molecular complexity index is 4620. The minimum Gasteiger partial charge on any atom is -0.508 e. The Morgan fingerprint density at radius 2 is 0.916 bits per heavy atom. The van der Waals surface area contributed by atoms with Crippen molar-refractivity contribution in [3.63, 3.8) is 0 Å². The minimum absolute atomic E-state index is 0.0330. The first-order valence-electron chi connectivity index (χ1n) is 42.9. The summed E-state index contributed by atoms with van der Waals surface area (Å²) in [5.74, 6) is -23.3. The van der Waals surface area contributed by atoms with Crippen LogP contribution in [0.2, 0.25) is 0 Å². The van der Waals surface area contributed by atoms with Gasteiger partial charge >= 0.3 is 17.9 Å². The van der Waals surface area contributed by atoms with Crippen LogP contribution >= 0.6 is 0 Å². The molecule has 14 atom stereocenters. The molecule has 49 heteroatoms. The van der Waals surface area contributed by atoms with Crippen LogP contribution in [0.15, 0.2) is 54.7 Å². The fourth-order valence-electron chi connectivity index (χ4n) is 14.5. The molecule has 1 aromatic heterocycles. The Morgan fingerprint density at radius 1 is 0.466 bits per heavy atom. The zero-order chi connectivity index (χ0) is 96.7. The normalized spacial score (nSPS) is 24.5. The number of aliphatic hydroxyl groups excluding tert-OH is 1. The summed E-state index contributed by atoms with van der Waals surface area (Å²) >= 11 is 0. The smallest absolute Gasteiger partial charge is 0.303 e. The number of aromatic amines is 1. The Morgan fingerprint density at radius 3 is 1.49 bits per heavy atom. The fourth-order valence-corrected chi connectivity index (χ4v) is 14.5. The summed E-state index contributed by atoms with van der Waals surface area (Å²) in [6, 6.07) is -8.54. The molecule has 0 aliphatic carbocycles. The number of benzene rings is 2. The van der Waals surface area contributed by atoms with Crippen LogP contribution in [0.25, 0.3) is 10.9 Å². The third kappa shape index (κ3) is 35.4. The molecule has 29 N–H and O–H groups in total. The van der Waals surface area contributed by atoms with E-state index in [1.165, 1.54) is 36.1 Å². The lowest BCUT2D eigenvalue weighted by molar-refractivity contribution is -0.145. The van der Waals surface area contributed by atoms with Crippen molar-refractivity contribution in [2.75, 3.05) is 52.4 Å². The lowest BCUT2D eigenvalue weighted by atomic mass is 10.0. The van der Waals surface area contributed by atoms with Gasteiger partial charge in [0.15, 0.2) is 5.96 Å². The van der Waals surface area contributed by atoms with Gasteiger partial charge in [0.2, 0.25) is 106 Å². The van der Waals surface area contributed by atoms with E-state index in [-0.39, 0.29) is 116 Å². The van der Waals surface area contributed by atoms with Gasteiger partial charge in [-0.2, -0.15) is 0 Å². The average molecular weight is 1840 g/mol. The minimum atomic E-state index is -1.99.